The van der Waals surface area contributed by atoms with Crippen LogP contribution in [0.15, 0.2) is 0 Å². The topological polar surface area (TPSA) is 23.5 Å². The minimum Gasteiger partial charge on any atom is -0.391 e. The molecule has 0 aromatic heterocycles. The number of piperidine rings is 1. The van der Waals surface area contributed by atoms with E-state index >= 15 is 0 Å². The van der Waals surface area contributed by atoms with Gasteiger partial charge in [-0.15, -0.1) is 0 Å². The van der Waals surface area contributed by atoms with Gasteiger partial charge in [0.2, 0.25) is 0 Å². The van der Waals surface area contributed by atoms with Crippen molar-refractivity contribution in [2.75, 3.05) is 13.6 Å². The first-order valence-corrected chi connectivity index (χ1v) is 5.93. The van der Waals surface area contributed by atoms with Gasteiger partial charge in [0.15, 0.2) is 0 Å². The zero-order chi connectivity index (χ0) is 10.3. The lowest BCUT2D eigenvalue weighted by molar-refractivity contribution is -0.0958. The van der Waals surface area contributed by atoms with Crippen molar-refractivity contribution >= 4 is 0 Å². The molecule has 0 radical (unpaired) electrons. The van der Waals surface area contributed by atoms with Crippen LogP contribution < -0.4 is 0 Å². The van der Waals surface area contributed by atoms with Gasteiger partial charge in [-0.25, -0.2) is 0 Å². The lowest BCUT2D eigenvalue weighted by Crippen LogP contribution is -2.59. The van der Waals surface area contributed by atoms with Gasteiger partial charge >= 0.3 is 0 Å². The maximum atomic E-state index is 10.3. The number of hydrogen-bond donors (Lipinski definition) is 1. The maximum absolute atomic E-state index is 10.3. The first-order chi connectivity index (χ1) is 6.54. The molecule has 1 aliphatic heterocycles. The van der Waals surface area contributed by atoms with Crippen molar-refractivity contribution in [3.05, 3.63) is 0 Å². The van der Waals surface area contributed by atoms with Crippen LogP contribution in [0.4, 0.5) is 0 Å². The first-order valence-electron chi connectivity index (χ1n) is 5.93. The molecule has 2 fully saturated rings. The third-order valence-electron chi connectivity index (χ3n) is 4.52. The van der Waals surface area contributed by atoms with Crippen molar-refractivity contribution in [3.8, 4) is 0 Å². The molecular weight excluding hydrogens is 174 g/mol. The number of rotatable bonds is 0. The van der Waals surface area contributed by atoms with Gasteiger partial charge in [0.05, 0.1) is 6.10 Å². The number of aliphatic hydroxyl groups excluding tert-OH is 1. The van der Waals surface area contributed by atoms with E-state index in [-0.39, 0.29) is 6.10 Å². The summed E-state index contributed by atoms with van der Waals surface area (Å²) in [6.07, 6.45) is 4.97. The van der Waals surface area contributed by atoms with Crippen LogP contribution in [0.3, 0.4) is 0 Å². The van der Waals surface area contributed by atoms with Crippen molar-refractivity contribution in [1.29, 1.82) is 0 Å². The maximum Gasteiger partial charge on any atom is 0.0726 e. The molecule has 2 aliphatic rings. The summed E-state index contributed by atoms with van der Waals surface area (Å²) in [4.78, 5) is 2.38. The third kappa shape index (κ3) is 1.49. The van der Waals surface area contributed by atoms with E-state index in [1.165, 1.54) is 25.7 Å². The fraction of sp³-hybridized carbons (Fsp3) is 1.00. The minimum atomic E-state index is -0.112. The average molecular weight is 197 g/mol. The number of aliphatic hydroxyl groups is 1. The fourth-order valence-electron chi connectivity index (χ4n) is 3.54. The molecule has 1 N–H and O–H groups in total. The van der Waals surface area contributed by atoms with Crippen molar-refractivity contribution in [2.45, 2.75) is 51.7 Å². The van der Waals surface area contributed by atoms with E-state index in [9.17, 15) is 5.11 Å². The summed E-state index contributed by atoms with van der Waals surface area (Å²) in [5, 5.41) is 10.3. The summed E-state index contributed by atoms with van der Waals surface area (Å²) in [5.41, 5.74) is 0.374. The van der Waals surface area contributed by atoms with Crippen LogP contribution in [0, 0.1) is 11.3 Å². The SMILES string of the molecule is CC1CCC2(C)CCCN(C)C2C1O. The third-order valence-corrected chi connectivity index (χ3v) is 4.52. The molecule has 0 bridgehead atoms. The molecule has 0 aromatic rings. The number of fused-ring (bicyclic) bond motifs is 1. The highest BCUT2D eigenvalue weighted by Crippen LogP contribution is 2.46. The van der Waals surface area contributed by atoms with Crippen LogP contribution >= 0.6 is 0 Å². The standard InChI is InChI=1S/C12H23NO/c1-9-5-7-12(2)6-4-8-13(3)11(12)10(9)14/h9-11,14H,4-8H2,1-3H3. The molecule has 4 unspecified atom stereocenters. The lowest BCUT2D eigenvalue weighted by atomic mass is 9.63. The highest BCUT2D eigenvalue weighted by atomic mass is 16.3. The van der Waals surface area contributed by atoms with E-state index in [1.807, 2.05) is 0 Å². The lowest BCUT2D eigenvalue weighted by Gasteiger charge is -2.54. The smallest absolute Gasteiger partial charge is 0.0726 e. The minimum absolute atomic E-state index is 0.112. The van der Waals surface area contributed by atoms with Gasteiger partial charge in [-0.1, -0.05) is 13.8 Å². The second kappa shape index (κ2) is 3.49. The predicted molar refractivity (Wildman–Crippen MR) is 58.2 cm³/mol. The van der Waals surface area contributed by atoms with E-state index in [1.54, 1.807) is 0 Å². The van der Waals surface area contributed by atoms with Gasteiger partial charge in [-0.05, 0) is 50.6 Å². The molecule has 1 aliphatic carbocycles. The van der Waals surface area contributed by atoms with Crippen LogP contribution in [-0.4, -0.2) is 35.7 Å². The van der Waals surface area contributed by atoms with Gasteiger partial charge in [-0.3, -0.25) is 0 Å². The zero-order valence-electron chi connectivity index (χ0n) is 9.66. The van der Waals surface area contributed by atoms with Crippen LogP contribution in [0.1, 0.15) is 39.5 Å². The van der Waals surface area contributed by atoms with Gasteiger partial charge in [0.1, 0.15) is 0 Å². The Morgan fingerprint density at radius 2 is 2.07 bits per heavy atom. The molecular formula is C12H23NO. The largest absolute Gasteiger partial charge is 0.391 e. The predicted octanol–water partition coefficient (Wildman–Crippen LogP) is 1.88. The monoisotopic (exact) mass is 197 g/mol. The fourth-order valence-corrected chi connectivity index (χ4v) is 3.54. The molecule has 0 aromatic carbocycles. The van der Waals surface area contributed by atoms with Crippen molar-refractivity contribution in [1.82, 2.24) is 4.90 Å². The quantitative estimate of drug-likeness (QED) is 0.641. The molecule has 4 atom stereocenters. The summed E-state index contributed by atoms with van der Waals surface area (Å²) in [6.45, 7) is 5.71. The van der Waals surface area contributed by atoms with Crippen LogP contribution in [0.25, 0.3) is 0 Å². The number of hydrogen-bond acceptors (Lipinski definition) is 2. The molecule has 1 heterocycles. The van der Waals surface area contributed by atoms with Crippen molar-refractivity contribution < 1.29 is 5.11 Å². The average Bonchev–Trinajstić information content (AvgIpc) is 2.12. The van der Waals surface area contributed by atoms with E-state index in [0.29, 0.717) is 17.4 Å². The van der Waals surface area contributed by atoms with Gasteiger partial charge in [0.25, 0.3) is 0 Å². The van der Waals surface area contributed by atoms with E-state index in [4.69, 9.17) is 0 Å². The zero-order valence-corrected chi connectivity index (χ0v) is 9.66. The molecule has 2 rings (SSSR count). The van der Waals surface area contributed by atoms with Crippen LogP contribution in [0.2, 0.25) is 0 Å². The van der Waals surface area contributed by atoms with E-state index in [0.717, 1.165) is 6.54 Å². The molecule has 2 heteroatoms. The Morgan fingerprint density at radius 3 is 2.79 bits per heavy atom. The number of likely N-dealkylation sites (N-methyl/N-ethyl adjacent to an activating group) is 1. The van der Waals surface area contributed by atoms with Crippen molar-refractivity contribution in [2.24, 2.45) is 11.3 Å². The molecule has 1 saturated carbocycles. The number of likely N-dealkylation sites (tertiary alicyclic amines) is 1. The van der Waals surface area contributed by atoms with Crippen molar-refractivity contribution in [3.63, 3.8) is 0 Å². The van der Waals surface area contributed by atoms with Crippen LogP contribution in [-0.2, 0) is 0 Å². The number of nitrogens with zero attached hydrogens (tertiary/aromatic N) is 1. The Kier molecular flexibility index (Phi) is 2.61. The first kappa shape index (κ1) is 10.4. The Balaban J connectivity index is 2.22. The molecule has 0 amide bonds. The second-order valence-electron chi connectivity index (χ2n) is 5.69. The van der Waals surface area contributed by atoms with Gasteiger partial charge in [0, 0.05) is 6.04 Å². The Morgan fingerprint density at radius 1 is 1.36 bits per heavy atom. The summed E-state index contributed by atoms with van der Waals surface area (Å²) >= 11 is 0. The van der Waals surface area contributed by atoms with Crippen LogP contribution in [0.5, 0.6) is 0 Å². The summed E-state index contributed by atoms with van der Waals surface area (Å²) < 4.78 is 0. The Hall–Kier alpha value is -0.0800. The normalized spacial score (nSPS) is 50.1. The highest BCUT2D eigenvalue weighted by Gasteiger charge is 2.47. The molecule has 82 valence electrons. The Labute approximate surface area is 87.3 Å². The molecule has 2 nitrogen and oxygen atoms in total. The van der Waals surface area contributed by atoms with Gasteiger partial charge < -0.3 is 10.0 Å². The molecule has 0 spiro atoms. The van der Waals surface area contributed by atoms with Gasteiger partial charge in [-0.2, -0.15) is 0 Å². The summed E-state index contributed by atoms with van der Waals surface area (Å²) in [7, 11) is 2.17. The molecule has 14 heavy (non-hydrogen) atoms. The second-order valence-corrected chi connectivity index (χ2v) is 5.69. The summed E-state index contributed by atoms with van der Waals surface area (Å²) in [5.74, 6) is 0.480. The molecule has 1 saturated heterocycles. The van der Waals surface area contributed by atoms with E-state index in [2.05, 4.69) is 25.8 Å². The Bertz CT molecular complexity index is 218. The van der Waals surface area contributed by atoms with E-state index < -0.39 is 0 Å². The highest BCUT2D eigenvalue weighted by molar-refractivity contribution is 5.01. The summed E-state index contributed by atoms with van der Waals surface area (Å²) in [6, 6.07) is 0.403.